The molecule has 2 rings (SSSR count). The van der Waals surface area contributed by atoms with Gasteiger partial charge in [0.1, 0.15) is 5.54 Å². The first-order valence-corrected chi connectivity index (χ1v) is 6.46. The van der Waals surface area contributed by atoms with Gasteiger partial charge in [-0.3, -0.25) is 14.5 Å². The molecule has 1 aromatic rings. The fourth-order valence-electron chi connectivity index (χ4n) is 2.62. The molecule has 0 bridgehead atoms. The standard InChI is InChI=1S/C16H19NO2/c1-11(2)9-10-16(4)15(19)13-7-5-6-8-14(13)17(16)12(3)18/h5-9H,10H2,1-4H3/t16-/m1/s1. The minimum absolute atomic E-state index is 0.0239. The van der Waals surface area contributed by atoms with Crippen LogP contribution in [0.4, 0.5) is 5.69 Å². The second-order valence-electron chi connectivity index (χ2n) is 5.46. The van der Waals surface area contributed by atoms with E-state index in [9.17, 15) is 9.59 Å². The van der Waals surface area contributed by atoms with Crippen LogP contribution in [0.3, 0.4) is 0 Å². The number of carbonyl (C=O) groups is 2. The highest BCUT2D eigenvalue weighted by molar-refractivity contribution is 6.20. The van der Waals surface area contributed by atoms with Crippen molar-refractivity contribution in [2.45, 2.75) is 39.7 Å². The molecule has 1 aliphatic rings. The van der Waals surface area contributed by atoms with Gasteiger partial charge in [-0.25, -0.2) is 0 Å². The van der Waals surface area contributed by atoms with Crippen LogP contribution in [0.5, 0.6) is 0 Å². The van der Waals surface area contributed by atoms with Crippen LogP contribution in [0.15, 0.2) is 35.9 Å². The van der Waals surface area contributed by atoms with Crippen molar-refractivity contribution in [1.82, 2.24) is 0 Å². The number of allylic oxidation sites excluding steroid dienone is 1. The zero-order valence-corrected chi connectivity index (χ0v) is 11.9. The van der Waals surface area contributed by atoms with Crippen molar-refractivity contribution in [3.63, 3.8) is 0 Å². The lowest BCUT2D eigenvalue weighted by Gasteiger charge is -2.32. The van der Waals surface area contributed by atoms with E-state index in [-0.39, 0.29) is 11.7 Å². The fourth-order valence-corrected chi connectivity index (χ4v) is 2.62. The van der Waals surface area contributed by atoms with Gasteiger partial charge in [-0.1, -0.05) is 23.8 Å². The summed E-state index contributed by atoms with van der Waals surface area (Å²) in [5.41, 5.74) is 1.72. The largest absolute Gasteiger partial charge is 0.298 e. The molecule has 1 amide bonds. The van der Waals surface area contributed by atoms with E-state index in [1.165, 1.54) is 6.92 Å². The number of Topliss-reactive ketones (excluding diaryl/α,β-unsaturated/α-hetero) is 1. The maximum absolute atomic E-state index is 12.6. The number of rotatable bonds is 2. The molecule has 1 heterocycles. The number of hydrogen-bond acceptors (Lipinski definition) is 2. The molecule has 0 aromatic heterocycles. The van der Waals surface area contributed by atoms with Gasteiger partial charge in [-0.05, 0) is 39.3 Å². The Bertz CT molecular complexity index is 570. The summed E-state index contributed by atoms with van der Waals surface area (Å²) in [6.45, 7) is 7.34. The summed E-state index contributed by atoms with van der Waals surface area (Å²) in [7, 11) is 0. The first-order chi connectivity index (χ1) is 8.88. The third kappa shape index (κ3) is 2.09. The first-order valence-electron chi connectivity index (χ1n) is 6.46. The van der Waals surface area contributed by atoms with Crippen LogP contribution in [0.1, 0.15) is 44.5 Å². The molecule has 0 aliphatic carbocycles. The number of carbonyl (C=O) groups excluding carboxylic acids is 2. The summed E-state index contributed by atoms with van der Waals surface area (Å²) in [6, 6.07) is 7.32. The molecular formula is C16H19NO2. The highest BCUT2D eigenvalue weighted by atomic mass is 16.2. The van der Waals surface area contributed by atoms with Crippen molar-refractivity contribution in [3.8, 4) is 0 Å². The number of benzene rings is 1. The Balaban J connectivity index is 2.54. The number of para-hydroxylation sites is 1. The van der Waals surface area contributed by atoms with Crippen LogP contribution in [-0.4, -0.2) is 17.2 Å². The number of nitrogens with zero attached hydrogens (tertiary/aromatic N) is 1. The average Bonchev–Trinajstić information content (AvgIpc) is 2.57. The number of hydrogen-bond donors (Lipinski definition) is 0. The van der Waals surface area contributed by atoms with Gasteiger partial charge in [0.25, 0.3) is 0 Å². The molecule has 19 heavy (non-hydrogen) atoms. The Kier molecular flexibility index (Phi) is 3.31. The minimum Gasteiger partial charge on any atom is -0.298 e. The minimum atomic E-state index is -0.799. The van der Waals surface area contributed by atoms with Crippen LogP contribution < -0.4 is 4.90 Å². The van der Waals surface area contributed by atoms with Crippen molar-refractivity contribution in [3.05, 3.63) is 41.5 Å². The lowest BCUT2D eigenvalue weighted by atomic mass is 9.90. The van der Waals surface area contributed by atoms with Crippen LogP contribution in [0, 0.1) is 0 Å². The molecule has 100 valence electrons. The van der Waals surface area contributed by atoms with Gasteiger partial charge in [0.2, 0.25) is 5.91 Å². The Morgan fingerprint density at radius 1 is 1.26 bits per heavy atom. The summed E-state index contributed by atoms with van der Waals surface area (Å²) in [5, 5.41) is 0. The molecule has 3 nitrogen and oxygen atoms in total. The van der Waals surface area contributed by atoms with Gasteiger partial charge in [-0.15, -0.1) is 0 Å². The molecule has 1 aliphatic heterocycles. The van der Waals surface area contributed by atoms with Gasteiger partial charge in [0.15, 0.2) is 5.78 Å². The summed E-state index contributed by atoms with van der Waals surface area (Å²) >= 11 is 0. The second-order valence-corrected chi connectivity index (χ2v) is 5.46. The van der Waals surface area contributed by atoms with E-state index in [1.807, 2.05) is 45.0 Å². The predicted octanol–water partition coefficient (Wildman–Crippen LogP) is 3.35. The van der Waals surface area contributed by atoms with Crippen LogP contribution in [-0.2, 0) is 4.79 Å². The molecule has 0 saturated heterocycles. The van der Waals surface area contributed by atoms with E-state index in [2.05, 4.69) is 0 Å². The smallest absolute Gasteiger partial charge is 0.224 e. The highest BCUT2D eigenvalue weighted by Gasteiger charge is 2.48. The maximum atomic E-state index is 12.6. The Labute approximate surface area is 113 Å². The Morgan fingerprint density at radius 2 is 1.89 bits per heavy atom. The molecule has 0 spiro atoms. The van der Waals surface area contributed by atoms with Crippen LogP contribution >= 0.6 is 0 Å². The first kappa shape index (κ1) is 13.5. The van der Waals surface area contributed by atoms with E-state index < -0.39 is 5.54 Å². The topological polar surface area (TPSA) is 37.4 Å². The average molecular weight is 257 g/mol. The second kappa shape index (κ2) is 4.65. The third-order valence-corrected chi connectivity index (χ3v) is 3.59. The van der Waals surface area contributed by atoms with Crippen molar-refractivity contribution in [1.29, 1.82) is 0 Å². The third-order valence-electron chi connectivity index (χ3n) is 3.59. The molecule has 0 fully saturated rings. The van der Waals surface area contributed by atoms with Crippen molar-refractivity contribution < 1.29 is 9.59 Å². The zero-order valence-electron chi connectivity index (χ0n) is 11.9. The Morgan fingerprint density at radius 3 is 2.47 bits per heavy atom. The van der Waals surface area contributed by atoms with Crippen molar-refractivity contribution in [2.75, 3.05) is 4.90 Å². The fraction of sp³-hybridized carbons (Fsp3) is 0.375. The number of amides is 1. The zero-order chi connectivity index (χ0) is 14.2. The van der Waals surface area contributed by atoms with Gasteiger partial charge in [-0.2, -0.15) is 0 Å². The monoisotopic (exact) mass is 257 g/mol. The normalized spacial score (nSPS) is 21.3. The van der Waals surface area contributed by atoms with Crippen molar-refractivity contribution in [2.24, 2.45) is 0 Å². The molecule has 3 heteroatoms. The molecule has 0 saturated carbocycles. The van der Waals surface area contributed by atoms with E-state index in [0.29, 0.717) is 12.0 Å². The Hall–Kier alpha value is -1.90. The number of ketones is 1. The number of fused-ring (bicyclic) bond motifs is 1. The van der Waals surface area contributed by atoms with Crippen LogP contribution in [0.25, 0.3) is 0 Å². The van der Waals surface area contributed by atoms with Gasteiger partial charge in [0.05, 0.1) is 5.69 Å². The van der Waals surface area contributed by atoms with Crippen molar-refractivity contribution >= 4 is 17.4 Å². The molecule has 1 aromatic carbocycles. The summed E-state index contributed by atoms with van der Waals surface area (Å²) in [5.74, 6) is -0.0706. The lowest BCUT2D eigenvalue weighted by molar-refractivity contribution is -0.117. The molecule has 0 radical (unpaired) electrons. The molecule has 1 atom stereocenters. The molecular weight excluding hydrogens is 238 g/mol. The van der Waals surface area contributed by atoms with Gasteiger partial charge in [0, 0.05) is 12.5 Å². The van der Waals surface area contributed by atoms with E-state index in [4.69, 9.17) is 0 Å². The summed E-state index contributed by atoms with van der Waals surface area (Å²) in [6.07, 6.45) is 2.56. The highest BCUT2D eigenvalue weighted by Crippen LogP contribution is 2.40. The van der Waals surface area contributed by atoms with E-state index in [0.717, 1.165) is 11.3 Å². The van der Waals surface area contributed by atoms with Gasteiger partial charge < -0.3 is 0 Å². The molecule has 0 N–H and O–H groups in total. The van der Waals surface area contributed by atoms with E-state index >= 15 is 0 Å². The molecule has 0 unspecified atom stereocenters. The van der Waals surface area contributed by atoms with E-state index in [1.54, 1.807) is 11.0 Å². The predicted molar refractivity (Wildman–Crippen MR) is 76.4 cm³/mol. The maximum Gasteiger partial charge on any atom is 0.224 e. The summed E-state index contributed by atoms with van der Waals surface area (Å²) < 4.78 is 0. The van der Waals surface area contributed by atoms with Gasteiger partial charge >= 0.3 is 0 Å². The quantitative estimate of drug-likeness (QED) is 0.762. The SMILES string of the molecule is CC(=O)N1c2ccccc2C(=O)[C@@]1(C)CC=C(C)C. The lowest BCUT2D eigenvalue weighted by Crippen LogP contribution is -2.49. The van der Waals surface area contributed by atoms with Crippen LogP contribution in [0.2, 0.25) is 0 Å². The summed E-state index contributed by atoms with van der Waals surface area (Å²) in [4.78, 5) is 26.2. The number of anilines is 1.